The number of carboxylic acids is 1. The molecule has 0 bridgehead atoms. The van der Waals surface area contributed by atoms with Crippen molar-refractivity contribution in [3.8, 4) is 0 Å². The molecule has 1 aliphatic carbocycles. The fourth-order valence-electron chi connectivity index (χ4n) is 2.21. The number of hydrogen-bond acceptors (Lipinski definition) is 4. The number of H-pyrrole nitrogens is 1. The molecule has 1 fully saturated rings. The van der Waals surface area contributed by atoms with Gasteiger partial charge in [0.05, 0.1) is 5.75 Å². The Morgan fingerprint density at radius 3 is 2.89 bits per heavy atom. The second-order valence-electron chi connectivity index (χ2n) is 4.83. The molecule has 100 valence electrons. The molecule has 0 spiro atoms. The highest BCUT2D eigenvalue weighted by Gasteiger charge is 2.42. The Morgan fingerprint density at radius 2 is 2.33 bits per heavy atom. The van der Waals surface area contributed by atoms with E-state index in [0.29, 0.717) is 11.7 Å². The molecule has 0 saturated heterocycles. The Labute approximate surface area is 109 Å². The summed E-state index contributed by atoms with van der Waals surface area (Å²) in [5.41, 5.74) is -0.00804. The SMILES string of the molecule is CCCC1(Cn2c(SCC(=O)O)n[nH]c2=O)CC1. The third-order valence-electron chi connectivity index (χ3n) is 3.28. The van der Waals surface area contributed by atoms with Crippen molar-refractivity contribution in [2.45, 2.75) is 44.3 Å². The topological polar surface area (TPSA) is 88.0 Å². The van der Waals surface area contributed by atoms with Crippen molar-refractivity contribution in [2.24, 2.45) is 5.41 Å². The van der Waals surface area contributed by atoms with Crippen LogP contribution in [0.4, 0.5) is 0 Å². The molecule has 6 nitrogen and oxygen atoms in total. The number of aliphatic carboxylic acids is 1. The minimum Gasteiger partial charge on any atom is -0.481 e. The zero-order valence-corrected chi connectivity index (χ0v) is 11.1. The zero-order chi connectivity index (χ0) is 13.2. The quantitative estimate of drug-likeness (QED) is 0.730. The molecule has 18 heavy (non-hydrogen) atoms. The van der Waals surface area contributed by atoms with E-state index in [2.05, 4.69) is 17.1 Å². The molecule has 1 saturated carbocycles. The van der Waals surface area contributed by atoms with Gasteiger partial charge in [-0.15, -0.1) is 5.10 Å². The van der Waals surface area contributed by atoms with E-state index in [1.54, 1.807) is 4.57 Å². The van der Waals surface area contributed by atoms with Crippen molar-refractivity contribution in [1.29, 1.82) is 0 Å². The maximum Gasteiger partial charge on any atom is 0.343 e. The van der Waals surface area contributed by atoms with Crippen molar-refractivity contribution < 1.29 is 9.90 Å². The number of nitrogens with one attached hydrogen (secondary N) is 1. The molecule has 0 aliphatic heterocycles. The lowest BCUT2D eigenvalue weighted by molar-refractivity contribution is -0.133. The number of carboxylic acid groups (broad SMARTS) is 1. The Hall–Kier alpha value is -1.24. The van der Waals surface area contributed by atoms with Crippen molar-refractivity contribution in [3.05, 3.63) is 10.5 Å². The molecule has 1 aromatic heterocycles. The van der Waals surface area contributed by atoms with Gasteiger partial charge in [-0.25, -0.2) is 9.89 Å². The van der Waals surface area contributed by atoms with Gasteiger partial charge in [0, 0.05) is 6.54 Å². The first kappa shape index (κ1) is 13.2. The Kier molecular flexibility index (Phi) is 3.79. The summed E-state index contributed by atoms with van der Waals surface area (Å²) in [7, 11) is 0. The van der Waals surface area contributed by atoms with Crippen LogP contribution in [0.3, 0.4) is 0 Å². The smallest absolute Gasteiger partial charge is 0.343 e. The average Bonchev–Trinajstić information content (AvgIpc) is 2.98. The summed E-state index contributed by atoms with van der Waals surface area (Å²) in [5, 5.41) is 15.4. The molecule has 1 aliphatic rings. The Bertz CT molecular complexity index is 490. The van der Waals surface area contributed by atoms with E-state index in [4.69, 9.17) is 5.11 Å². The predicted octanol–water partition coefficient (Wildman–Crippen LogP) is 1.33. The van der Waals surface area contributed by atoms with E-state index in [-0.39, 0.29) is 16.9 Å². The van der Waals surface area contributed by atoms with Gasteiger partial charge in [0.15, 0.2) is 5.16 Å². The third-order valence-corrected chi connectivity index (χ3v) is 4.24. The van der Waals surface area contributed by atoms with Gasteiger partial charge in [-0.05, 0) is 24.7 Å². The zero-order valence-electron chi connectivity index (χ0n) is 10.3. The predicted molar refractivity (Wildman–Crippen MR) is 67.8 cm³/mol. The summed E-state index contributed by atoms with van der Waals surface area (Å²) in [5.74, 6) is -0.984. The fraction of sp³-hybridized carbons (Fsp3) is 0.727. The van der Waals surface area contributed by atoms with E-state index in [9.17, 15) is 9.59 Å². The maximum atomic E-state index is 11.7. The molecule has 2 rings (SSSR count). The van der Waals surface area contributed by atoms with Crippen molar-refractivity contribution in [1.82, 2.24) is 14.8 Å². The van der Waals surface area contributed by atoms with Gasteiger partial charge in [-0.2, -0.15) is 0 Å². The summed E-state index contributed by atoms with van der Waals surface area (Å²) in [4.78, 5) is 22.2. The molecule has 0 radical (unpaired) electrons. The second kappa shape index (κ2) is 5.17. The first-order valence-corrected chi connectivity index (χ1v) is 7.05. The van der Waals surface area contributed by atoms with Gasteiger partial charge in [-0.3, -0.25) is 9.36 Å². The second-order valence-corrected chi connectivity index (χ2v) is 5.77. The summed E-state index contributed by atoms with van der Waals surface area (Å²) >= 11 is 1.08. The fourth-order valence-corrected chi connectivity index (χ4v) is 2.87. The number of thioether (sulfide) groups is 1. The number of aromatic nitrogens is 3. The van der Waals surface area contributed by atoms with Crippen LogP contribution in [-0.4, -0.2) is 31.6 Å². The van der Waals surface area contributed by atoms with Gasteiger partial charge in [-0.1, -0.05) is 25.1 Å². The first-order chi connectivity index (χ1) is 8.56. The first-order valence-electron chi connectivity index (χ1n) is 6.06. The van der Waals surface area contributed by atoms with Crippen LogP contribution in [0.1, 0.15) is 32.6 Å². The van der Waals surface area contributed by atoms with Crippen LogP contribution in [0.2, 0.25) is 0 Å². The molecular formula is C11H17N3O3S. The van der Waals surface area contributed by atoms with Crippen LogP contribution in [-0.2, 0) is 11.3 Å². The molecule has 0 amide bonds. The Morgan fingerprint density at radius 1 is 1.61 bits per heavy atom. The van der Waals surface area contributed by atoms with Crippen LogP contribution >= 0.6 is 11.8 Å². The van der Waals surface area contributed by atoms with Crippen molar-refractivity contribution >= 4 is 17.7 Å². The number of rotatable bonds is 7. The number of carbonyl (C=O) groups is 1. The molecule has 7 heteroatoms. The molecule has 1 heterocycles. The lowest BCUT2D eigenvalue weighted by Crippen LogP contribution is -2.23. The van der Waals surface area contributed by atoms with Crippen LogP contribution in [0.15, 0.2) is 9.95 Å². The minimum atomic E-state index is -0.906. The van der Waals surface area contributed by atoms with Crippen LogP contribution in [0.5, 0.6) is 0 Å². The Balaban J connectivity index is 2.09. The summed E-state index contributed by atoms with van der Waals surface area (Å²) in [6.45, 7) is 2.79. The molecule has 1 aromatic rings. The average molecular weight is 271 g/mol. The summed E-state index contributed by atoms with van der Waals surface area (Å²) in [6.07, 6.45) is 4.49. The third kappa shape index (κ3) is 2.95. The lowest BCUT2D eigenvalue weighted by Gasteiger charge is -2.14. The summed E-state index contributed by atoms with van der Waals surface area (Å²) < 4.78 is 1.58. The monoisotopic (exact) mass is 271 g/mol. The van der Waals surface area contributed by atoms with Crippen molar-refractivity contribution in [2.75, 3.05) is 5.75 Å². The maximum absolute atomic E-state index is 11.7. The number of hydrogen-bond donors (Lipinski definition) is 2. The molecule has 2 N–H and O–H groups in total. The normalized spacial score (nSPS) is 16.7. The highest BCUT2D eigenvalue weighted by molar-refractivity contribution is 7.99. The van der Waals surface area contributed by atoms with E-state index < -0.39 is 5.97 Å². The highest BCUT2D eigenvalue weighted by atomic mass is 32.2. The van der Waals surface area contributed by atoms with Gasteiger partial charge in [0.1, 0.15) is 0 Å². The summed E-state index contributed by atoms with van der Waals surface area (Å²) in [6, 6.07) is 0. The van der Waals surface area contributed by atoms with Gasteiger partial charge in [0.25, 0.3) is 0 Å². The molecule has 0 unspecified atom stereocenters. The van der Waals surface area contributed by atoms with Crippen LogP contribution in [0.25, 0.3) is 0 Å². The van der Waals surface area contributed by atoms with Gasteiger partial charge >= 0.3 is 11.7 Å². The largest absolute Gasteiger partial charge is 0.481 e. The lowest BCUT2D eigenvalue weighted by atomic mass is 10.0. The van der Waals surface area contributed by atoms with Crippen LogP contribution in [0, 0.1) is 5.41 Å². The van der Waals surface area contributed by atoms with E-state index in [0.717, 1.165) is 37.4 Å². The highest BCUT2D eigenvalue weighted by Crippen LogP contribution is 2.51. The standard InChI is InChI=1S/C11H17N3O3S/c1-2-3-11(4-5-11)7-14-9(17)12-13-10(14)18-6-8(15)16/h2-7H2,1H3,(H,12,17)(H,15,16). The molecule has 0 atom stereocenters. The minimum absolute atomic E-state index is 0.0783. The molecule has 0 aromatic carbocycles. The van der Waals surface area contributed by atoms with Gasteiger partial charge in [0.2, 0.25) is 0 Å². The van der Waals surface area contributed by atoms with E-state index in [1.807, 2.05) is 0 Å². The molecular weight excluding hydrogens is 254 g/mol. The number of nitrogens with zero attached hydrogens (tertiary/aromatic N) is 2. The van der Waals surface area contributed by atoms with E-state index >= 15 is 0 Å². The number of aromatic amines is 1. The van der Waals surface area contributed by atoms with Gasteiger partial charge < -0.3 is 5.11 Å². The van der Waals surface area contributed by atoms with Crippen LogP contribution < -0.4 is 5.69 Å². The van der Waals surface area contributed by atoms with Crippen molar-refractivity contribution in [3.63, 3.8) is 0 Å². The van der Waals surface area contributed by atoms with E-state index in [1.165, 1.54) is 0 Å².